The predicted molar refractivity (Wildman–Crippen MR) is 74.9 cm³/mol. The molecule has 0 radical (unpaired) electrons. The third kappa shape index (κ3) is 3.14. The van der Waals surface area contributed by atoms with Crippen LogP contribution in [0.4, 0.5) is 0 Å². The summed E-state index contributed by atoms with van der Waals surface area (Å²) in [6.07, 6.45) is 2.08. The van der Waals surface area contributed by atoms with Crippen LogP contribution in [0.5, 0.6) is 0 Å². The largest absolute Gasteiger partial charge is 0.395 e. The summed E-state index contributed by atoms with van der Waals surface area (Å²) < 4.78 is 0. The molecule has 1 N–H and O–H groups in total. The molecular weight excluding hydrogens is 240 g/mol. The Bertz CT molecular complexity index is 446. The second-order valence-corrected chi connectivity index (χ2v) is 5.24. The van der Waals surface area contributed by atoms with Crippen molar-refractivity contribution in [2.24, 2.45) is 0 Å². The number of rotatable bonds is 5. The van der Waals surface area contributed by atoms with E-state index in [-0.39, 0.29) is 18.6 Å². The molecule has 1 aliphatic rings. The van der Waals surface area contributed by atoms with Crippen LogP contribution in [0.3, 0.4) is 0 Å². The summed E-state index contributed by atoms with van der Waals surface area (Å²) in [5, 5.41) is 9.23. The minimum Gasteiger partial charge on any atom is -0.395 e. The fraction of sp³-hybridized carbons (Fsp3) is 0.533. The normalized spacial score (nSPS) is 17.6. The fourth-order valence-electron chi connectivity index (χ4n) is 2.70. The minimum absolute atomic E-state index is 0.0813. The molecular formula is C15H22N2O2. The number of aliphatic hydroxyl groups excluding tert-OH is 1. The van der Waals surface area contributed by atoms with Crippen molar-refractivity contribution in [1.29, 1.82) is 0 Å². The summed E-state index contributed by atoms with van der Waals surface area (Å²) in [5.41, 5.74) is 2.68. The molecule has 1 amide bonds. The molecule has 1 unspecified atom stereocenters. The number of fused-ring (bicyclic) bond motifs is 1. The van der Waals surface area contributed by atoms with Crippen LogP contribution < -0.4 is 0 Å². The van der Waals surface area contributed by atoms with Crippen LogP contribution >= 0.6 is 0 Å². The van der Waals surface area contributed by atoms with Crippen LogP contribution in [0.15, 0.2) is 24.3 Å². The zero-order valence-electron chi connectivity index (χ0n) is 11.7. The van der Waals surface area contributed by atoms with Gasteiger partial charge in [0.05, 0.1) is 13.2 Å². The van der Waals surface area contributed by atoms with Crippen molar-refractivity contribution in [1.82, 2.24) is 9.80 Å². The first-order valence-electron chi connectivity index (χ1n) is 6.76. The Balaban J connectivity index is 2.14. The van der Waals surface area contributed by atoms with Gasteiger partial charge in [0.2, 0.25) is 5.91 Å². The van der Waals surface area contributed by atoms with Crippen LogP contribution in [-0.4, -0.2) is 54.6 Å². The van der Waals surface area contributed by atoms with E-state index in [2.05, 4.69) is 23.1 Å². The molecule has 0 heterocycles. The second kappa shape index (κ2) is 6.17. The van der Waals surface area contributed by atoms with Crippen molar-refractivity contribution in [3.8, 4) is 0 Å². The summed E-state index contributed by atoms with van der Waals surface area (Å²) in [7, 11) is 3.53. The van der Waals surface area contributed by atoms with Crippen molar-refractivity contribution in [3.63, 3.8) is 0 Å². The number of aliphatic hydroxyl groups is 1. The van der Waals surface area contributed by atoms with E-state index < -0.39 is 0 Å². The van der Waals surface area contributed by atoms with E-state index in [1.165, 1.54) is 11.1 Å². The first-order chi connectivity index (χ1) is 9.13. The maximum atomic E-state index is 11.9. The SMILES string of the molecule is CN(C)C(=O)CN(CCO)C1CCc2ccccc21. The number of nitrogens with zero attached hydrogens (tertiary/aromatic N) is 2. The van der Waals surface area contributed by atoms with Gasteiger partial charge in [-0.1, -0.05) is 24.3 Å². The molecule has 0 spiro atoms. The predicted octanol–water partition coefficient (Wildman–Crippen LogP) is 1.06. The van der Waals surface area contributed by atoms with Crippen LogP contribution in [0.2, 0.25) is 0 Å². The molecule has 1 atom stereocenters. The summed E-state index contributed by atoms with van der Waals surface area (Å²) in [6, 6.07) is 8.65. The number of likely N-dealkylation sites (N-methyl/N-ethyl adjacent to an activating group) is 1. The molecule has 4 nitrogen and oxygen atoms in total. The Morgan fingerprint density at radius 1 is 1.37 bits per heavy atom. The molecule has 1 aliphatic carbocycles. The molecule has 0 aromatic heterocycles. The van der Waals surface area contributed by atoms with Crippen LogP contribution in [0.25, 0.3) is 0 Å². The van der Waals surface area contributed by atoms with Crippen molar-refractivity contribution in [3.05, 3.63) is 35.4 Å². The highest BCUT2D eigenvalue weighted by molar-refractivity contribution is 5.77. The van der Waals surface area contributed by atoms with Gasteiger partial charge in [0.25, 0.3) is 0 Å². The van der Waals surface area contributed by atoms with Gasteiger partial charge in [-0.25, -0.2) is 0 Å². The van der Waals surface area contributed by atoms with Gasteiger partial charge in [-0.15, -0.1) is 0 Å². The lowest BCUT2D eigenvalue weighted by Crippen LogP contribution is -2.39. The van der Waals surface area contributed by atoms with E-state index in [1.54, 1.807) is 19.0 Å². The van der Waals surface area contributed by atoms with Crippen molar-refractivity contribution < 1.29 is 9.90 Å². The smallest absolute Gasteiger partial charge is 0.236 e. The molecule has 1 aromatic carbocycles. The highest BCUT2D eigenvalue weighted by Crippen LogP contribution is 2.35. The maximum absolute atomic E-state index is 11.9. The van der Waals surface area contributed by atoms with Crippen molar-refractivity contribution in [2.75, 3.05) is 33.8 Å². The number of carbonyl (C=O) groups excluding carboxylic acids is 1. The lowest BCUT2D eigenvalue weighted by atomic mass is 10.1. The van der Waals surface area contributed by atoms with E-state index >= 15 is 0 Å². The van der Waals surface area contributed by atoms with Gasteiger partial charge in [-0.2, -0.15) is 0 Å². The first kappa shape index (κ1) is 14.0. The van der Waals surface area contributed by atoms with Crippen molar-refractivity contribution in [2.45, 2.75) is 18.9 Å². The number of aryl methyl sites for hydroxylation is 1. The third-order valence-corrected chi connectivity index (χ3v) is 3.77. The average Bonchev–Trinajstić information content (AvgIpc) is 2.81. The molecule has 19 heavy (non-hydrogen) atoms. The molecule has 2 rings (SSSR count). The summed E-state index contributed by atoms with van der Waals surface area (Å²) >= 11 is 0. The monoisotopic (exact) mass is 262 g/mol. The fourth-order valence-corrected chi connectivity index (χ4v) is 2.70. The third-order valence-electron chi connectivity index (χ3n) is 3.77. The second-order valence-electron chi connectivity index (χ2n) is 5.24. The van der Waals surface area contributed by atoms with Gasteiger partial charge in [0.1, 0.15) is 0 Å². The Morgan fingerprint density at radius 2 is 2.11 bits per heavy atom. The summed E-state index contributed by atoms with van der Waals surface area (Å²) in [4.78, 5) is 15.6. The standard InChI is InChI=1S/C15H22N2O2/c1-16(2)15(19)11-17(9-10-18)14-8-7-12-5-3-4-6-13(12)14/h3-6,14,18H,7-11H2,1-2H3. The Hall–Kier alpha value is -1.39. The van der Waals surface area contributed by atoms with E-state index in [0.29, 0.717) is 13.1 Å². The van der Waals surface area contributed by atoms with Gasteiger partial charge < -0.3 is 10.0 Å². The molecule has 104 valence electrons. The maximum Gasteiger partial charge on any atom is 0.236 e. The van der Waals surface area contributed by atoms with Crippen molar-refractivity contribution >= 4 is 5.91 Å². The number of hydrogen-bond donors (Lipinski definition) is 1. The highest BCUT2D eigenvalue weighted by Gasteiger charge is 2.28. The molecule has 0 bridgehead atoms. The molecule has 0 saturated heterocycles. The molecule has 0 fully saturated rings. The van der Waals surface area contributed by atoms with Crippen LogP contribution in [0, 0.1) is 0 Å². The number of benzene rings is 1. The lowest BCUT2D eigenvalue weighted by Gasteiger charge is -2.29. The number of hydrogen-bond acceptors (Lipinski definition) is 3. The Morgan fingerprint density at radius 3 is 2.79 bits per heavy atom. The molecule has 0 aliphatic heterocycles. The Kier molecular flexibility index (Phi) is 4.56. The minimum atomic E-state index is 0.0813. The van der Waals surface area contributed by atoms with Gasteiger partial charge >= 0.3 is 0 Å². The van der Waals surface area contributed by atoms with Crippen LogP contribution in [-0.2, 0) is 11.2 Å². The first-order valence-corrected chi connectivity index (χ1v) is 6.76. The zero-order chi connectivity index (χ0) is 13.8. The van der Waals surface area contributed by atoms with Gasteiger partial charge in [-0.3, -0.25) is 9.69 Å². The quantitative estimate of drug-likeness (QED) is 0.863. The van der Waals surface area contributed by atoms with Gasteiger partial charge in [0.15, 0.2) is 0 Å². The molecule has 4 heteroatoms. The average molecular weight is 262 g/mol. The number of amides is 1. The summed E-state index contributed by atoms with van der Waals surface area (Å²) in [5.74, 6) is 0.0813. The lowest BCUT2D eigenvalue weighted by molar-refractivity contribution is -0.130. The Labute approximate surface area is 114 Å². The zero-order valence-corrected chi connectivity index (χ0v) is 11.7. The van der Waals surface area contributed by atoms with Gasteiger partial charge in [-0.05, 0) is 24.0 Å². The highest BCUT2D eigenvalue weighted by atomic mass is 16.3. The van der Waals surface area contributed by atoms with E-state index in [1.807, 2.05) is 6.07 Å². The van der Waals surface area contributed by atoms with Crippen LogP contribution in [0.1, 0.15) is 23.6 Å². The van der Waals surface area contributed by atoms with E-state index in [0.717, 1.165) is 12.8 Å². The van der Waals surface area contributed by atoms with Gasteiger partial charge in [0, 0.05) is 26.7 Å². The van der Waals surface area contributed by atoms with E-state index in [9.17, 15) is 9.90 Å². The molecule has 0 saturated carbocycles. The van der Waals surface area contributed by atoms with E-state index in [4.69, 9.17) is 0 Å². The number of carbonyl (C=O) groups is 1. The topological polar surface area (TPSA) is 43.8 Å². The summed E-state index contributed by atoms with van der Waals surface area (Å²) in [6.45, 7) is 0.991. The molecule has 1 aromatic rings.